The molecule has 2 rings (SSSR count). The van der Waals surface area contributed by atoms with Crippen molar-refractivity contribution in [3.05, 3.63) is 41.9 Å². The molecule has 0 saturated carbocycles. The fraction of sp³-hybridized carbons (Fsp3) is 0.0714. The first-order valence-electron chi connectivity index (χ1n) is 6.17. The Labute approximate surface area is 126 Å². The van der Waals surface area contributed by atoms with Crippen molar-refractivity contribution in [3.63, 3.8) is 0 Å². The summed E-state index contributed by atoms with van der Waals surface area (Å²) in [5, 5.41) is 27.6. The summed E-state index contributed by atoms with van der Waals surface area (Å²) in [5.41, 5.74) is 1.10. The number of carbonyl (C=O) groups excluding carboxylic acids is 1. The van der Waals surface area contributed by atoms with Crippen molar-refractivity contribution in [2.45, 2.75) is 0 Å². The van der Waals surface area contributed by atoms with E-state index in [4.69, 9.17) is 11.7 Å². The maximum Gasteiger partial charge on any atom is 0.254 e. The van der Waals surface area contributed by atoms with E-state index in [1.807, 2.05) is 6.07 Å². The number of amides is 1. The molecule has 22 heavy (non-hydrogen) atoms. The predicted molar refractivity (Wildman–Crippen MR) is 79.0 cm³/mol. The Hall–Kier alpha value is -3.65. The standard InChI is InChI=1S/C14H11N7O/c1-2-7-16-14(22)11-5-3-4-6-12(11)17-9-10(8-15)13-18-20-21-19-13/h1,3-6,9,17H,7H2,(H,16,22)(H,18,19,20,21). The average molecular weight is 293 g/mol. The van der Waals surface area contributed by atoms with E-state index in [0.29, 0.717) is 11.3 Å². The number of para-hydroxylation sites is 1. The second-order valence-electron chi connectivity index (χ2n) is 3.98. The lowest BCUT2D eigenvalue weighted by Gasteiger charge is -2.08. The number of benzene rings is 1. The first-order chi connectivity index (χ1) is 10.8. The maximum atomic E-state index is 12.0. The number of aromatic nitrogens is 4. The minimum absolute atomic E-state index is 0.134. The number of allylic oxidation sites excluding steroid dienone is 1. The predicted octanol–water partition coefficient (Wildman–Crippen LogP) is 0.539. The van der Waals surface area contributed by atoms with Gasteiger partial charge in [0, 0.05) is 6.20 Å². The van der Waals surface area contributed by atoms with Gasteiger partial charge in [-0.1, -0.05) is 18.1 Å². The number of tetrazole rings is 1. The van der Waals surface area contributed by atoms with Crippen molar-refractivity contribution >= 4 is 17.2 Å². The molecule has 0 saturated heterocycles. The zero-order valence-corrected chi connectivity index (χ0v) is 11.4. The van der Waals surface area contributed by atoms with Gasteiger partial charge in [0.2, 0.25) is 5.82 Å². The lowest BCUT2D eigenvalue weighted by molar-refractivity contribution is 0.0959. The van der Waals surface area contributed by atoms with Crippen molar-refractivity contribution in [1.29, 1.82) is 5.26 Å². The van der Waals surface area contributed by atoms with Crippen LogP contribution in [0.2, 0.25) is 0 Å². The minimum atomic E-state index is -0.312. The van der Waals surface area contributed by atoms with Crippen LogP contribution in [0.25, 0.3) is 5.57 Å². The summed E-state index contributed by atoms with van der Waals surface area (Å²) >= 11 is 0. The van der Waals surface area contributed by atoms with E-state index in [9.17, 15) is 4.79 Å². The van der Waals surface area contributed by atoms with Crippen LogP contribution in [0.4, 0.5) is 5.69 Å². The first-order valence-corrected chi connectivity index (χ1v) is 6.17. The number of nitrogens with one attached hydrogen (secondary N) is 3. The van der Waals surface area contributed by atoms with Crippen molar-refractivity contribution in [2.24, 2.45) is 0 Å². The van der Waals surface area contributed by atoms with Crippen LogP contribution in [0.5, 0.6) is 0 Å². The highest BCUT2D eigenvalue weighted by Gasteiger charge is 2.10. The molecule has 8 heteroatoms. The third kappa shape index (κ3) is 3.46. The number of hydrogen-bond acceptors (Lipinski definition) is 6. The van der Waals surface area contributed by atoms with Crippen molar-refractivity contribution in [3.8, 4) is 18.4 Å². The molecule has 1 amide bonds. The Morgan fingerprint density at radius 1 is 1.45 bits per heavy atom. The van der Waals surface area contributed by atoms with E-state index in [1.54, 1.807) is 24.3 Å². The highest BCUT2D eigenvalue weighted by Crippen LogP contribution is 2.16. The van der Waals surface area contributed by atoms with Crippen LogP contribution in [0.15, 0.2) is 30.5 Å². The fourth-order valence-corrected chi connectivity index (χ4v) is 1.61. The molecule has 0 aliphatic heterocycles. The smallest absolute Gasteiger partial charge is 0.254 e. The molecule has 2 aromatic rings. The number of H-pyrrole nitrogens is 1. The quantitative estimate of drug-likeness (QED) is 0.546. The van der Waals surface area contributed by atoms with Crippen LogP contribution in [-0.2, 0) is 0 Å². The molecule has 0 unspecified atom stereocenters. The molecular formula is C14H11N7O. The normalized spacial score (nSPS) is 10.4. The molecule has 0 fully saturated rings. The lowest BCUT2D eigenvalue weighted by Crippen LogP contribution is -2.24. The summed E-state index contributed by atoms with van der Waals surface area (Å²) in [6.45, 7) is 0.134. The van der Waals surface area contributed by atoms with Crippen LogP contribution < -0.4 is 10.6 Å². The van der Waals surface area contributed by atoms with E-state index in [1.165, 1.54) is 6.20 Å². The fourth-order valence-electron chi connectivity index (χ4n) is 1.61. The lowest BCUT2D eigenvalue weighted by atomic mass is 10.1. The van der Waals surface area contributed by atoms with Crippen LogP contribution in [0, 0.1) is 23.7 Å². The third-order valence-corrected chi connectivity index (χ3v) is 2.60. The Kier molecular flexibility index (Phi) is 4.84. The molecular weight excluding hydrogens is 282 g/mol. The summed E-state index contributed by atoms with van der Waals surface area (Å²) in [6, 6.07) is 8.77. The highest BCUT2D eigenvalue weighted by molar-refractivity contribution is 6.00. The number of aromatic amines is 1. The van der Waals surface area contributed by atoms with E-state index >= 15 is 0 Å². The summed E-state index contributed by atoms with van der Waals surface area (Å²) in [4.78, 5) is 12.0. The van der Waals surface area contributed by atoms with E-state index < -0.39 is 0 Å². The molecule has 1 aromatic heterocycles. The summed E-state index contributed by atoms with van der Waals surface area (Å²) in [7, 11) is 0. The summed E-state index contributed by atoms with van der Waals surface area (Å²) in [6.07, 6.45) is 6.52. The first kappa shape index (κ1) is 14.8. The number of terminal acetylenes is 1. The topological polar surface area (TPSA) is 119 Å². The van der Waals surface area contributed by atoms with Gasteiger partial charge in [0.25, 0.3) is 5.91 Å². The minimum Gasteiger partial charge on any atom is -0.360 e. The van der Waals surface area contributed by atoms with Gasteiger partial charge in [0.15, 0.2) is 0 Å². The molecule has 0 bridgehead atoms. The van der Waals surface area contributed by atoms with Crippen LogP contribution in [0.3, 0.4) is 0 Å². The SMILES string of the molecule is C#CCNC(=O)c1ccccc1NC=C(C#N)c1nn[nH]n1. The van der Waals surface area contributed by atoms with Gasteiger partial charge in [-0.3, -0.25) is 4.79 Å². The van der Waals surface area contributed by atoms with E-state index in [2.05, 4.69) is 37.2 Å². The highest BCUT2D eigenvalue weighted by atomic mass is 16.1. The number of anilines is 1. The maximum absolute atomic E-state index is 12.0. The number of nitriles is 1. The van der Waals surface area contributed by atoms with Gasteiger partial charge >= 0.3 is 0 Å². The molecule has 1 heterocycles. The van der Waals surface area contributed by atoms with Gasteiger partial charge in [0.05, 0.1) is 17.8 Å². The Bertz CT molecular complexity index is 765. The van der Waals surface area contributed by atoms with Crippen molar-refractivity contribution < 1.29 is 4.79 Å². The third-order valence-electron chi connectivity index (χ3n) is 2.60. The van der Waals surface area contributed by atoms with Crippen LogP contribution in [-0.4, -0.2) is 33.1 Å². The van der Waals surface area contributed by atoms with Crippen molar-refractivity contribution in [2.75, 3.05) is 11.9 Å². The van der Waals surface area contributed by atoms with Gasteiger partial charge in [-0.15, -0.1) is 16.6 Å². The molecule has 0 radical (unpaired) electrons. The molecule has 1 aromatic carbocycles. The van der Waals surface area contributed by atoms with Crippen LogP contribution >= 0.6 is 0 Å². The molecule has 0 aliphatic rings. The average Bonchev–Trinajstić information content (AvgIpc) is 3.08. The second-order valence-corrected chi connectivity index (χ2v) is 3.98. The molecule has 0 spiro atoms. The van der Waals surface area contributed by atoms with E-state index in [-0.39, 0.29) is 23.8 Å². The Morgan fingerprint density at radius 2 is 2.27 bits per heavy atom. The molecule has 0 atom stereocenters. The Morgan fingerprint density at radius 3 is 2.95 bits per heavy atom. The number of nitrogens with zero attached hydrogens (tertiary/aromatic N) is 4. The van der Waals surface area contributed by atoms with Gasteiger partial charge in [-0.25, -0.2) is 0 Å². The number of hydrogen-bond donors (Lipinski definition) is 3. The summed E-state index contributed by atoms with van der Waals surface area (Å²) < 4.78 is 0. The van der Waals surface area contributed by atoms with Gasteiger partial charge < -0.3 is 10.6 Å². The number of carbonyl (C=O) groups is 1. The van der Waals surface area contributed by atoms with Crippen molar-refractivity contribution in [1.82, 2.24) is 25.9 Å². The monoisotopic (exact) mass is 293 g/mol. The largest absolute Gasteiger partial charge is 0.360 e. The molecule has 3 N–H and O–H groups in total. The zero-order chi connectivity index (χ0) is 15.8. The van der Waals surface area contributed by atoms with Crippen LogP contribution in [0.1, 0.15) is 16.2 Å². The van der Waals surface area contributed by atoms with Gasteiger partial charge in [0.1, 0.15) is 11.6 Å². The molecule has 108 valence electrons. The molecule has 8 nitrogen and oxygen atoms in total. The van der Waals surface area contributed by atoms with Gasteiger partial charge in [-0.2, -0.15) is 10.5 Å². The zero-order valence-electron chi connectivity index (χ0n) is 11.4. The van der Waals surface area contributed by atoms with Gasteiger partial charge in [-0.05, 0) is 17.3 Å². The number of rotatable bonds is 5. The second kappa shape index (κ2) is 7.22. The Balaban J connectivity index is 2.22. The summed E-state index contributed by atoms with van der Waals surface area (Å²) in [5.74, 6) is 2.18. The van der Waals surface area contributed by atoms with E-state index in [0.717, 1.165) is 0 Å². The molecule has 0 aliphatic carbocycles.